The van der Waals surface area contributed by atoms with E-state index in [2.05, 4.69) is 15.3 Å². The summed E-state index contributed by atoms with van der Waals surface area (Å²) in [5.74, 6) is 1.59. The summed E-state index contributed by atoms with van der Waals surface area (Å²) in [4.78, 5) is 8.57. The number of hydrogen-bond acceptors (Lipinski definition) is 5. The fourth-order valence-corrected chi connectivity index (χ4v) is 1.89. The van der Waals surface area contributed by atoms with Crippen molar-refractivity contribution in [2.75, 3.05) is 19.0 Å². The zero-order chi connectivity index (χ0) is 14.4. The Morgan fingerprint density at radius 1 is 1.30 bits per heavy atom. The lowest BCUT2D eigenvalue weighted by molar-refractivity contribution is 0.410. The van der Waals surface area contributed by atoms with Gasteiger partial charge in [-0.05, 0) is 18.1 Å². The third-order valence-electron chi connectivity index (χ3n) is 2.80. The Morgan fingerprint density at radius 2 is 2.10 bits per heavy atom. The molecule has 3 N–H and O–H groups in total. The van der Waals surface area contributed by atoms with Crippen molar-refractivity contribution in [3.05, 3.63) is 47.9 Å². The Morgan fingerprint density at radius 3 is 2.75 bits per heavy atom. The molecule has 2 rings (SSSR count). The Kier molecular flexibility index (Phi) is 4.84. The molecule has 104 valence electrons. The molecule has 1 heterocycles. The molecule has 0 aliphatic rings. The van der Waals surface area contributed by atoms with E-state index in [1.165, 1.54) is 0 Å². The van der Waals surface area contributed by atoms with Crippen LogP contribution in [0.25, 0.3) is 0 Å². The summed E-state index contributed by atoms with van der Waals surface area (Å²) < 4.78 is 5.31. The van der Waals surface area contributed by atoms with Crippen LogP contribution in [0.2, 0.25) is 0 Å². The van der Waals surface area contributed by atoms with Gasteiger partial charge < -0.3 is 15.8 Å². The van der Waals surface area contributed by atoms with Gasteiger partial charge in [-0.15, -0.1) is 0 Å². The zero-order valence-electron chi connectivity index (χ0n) is 11.2. The van der Waals surface area contributed by atoms with Gasteiger partial charge in [0.1, 0.15) is 22.2 Å². The van der Waals surface area contributed by atoms with Crippen LogP contribution in [0.3, 0.4) is 0 Å². The van der Waals surface area contributed by atoms with Crippen LogP contribution < -0.4 is 15.8 Å². The van der Waals surface area contributed by atoms with Crippen molar-refractivity contribution in [1.29, 1.82) is 0 Å². The van der Waals surface area contributed by atoms with E-state index in [0.29, 0.717) is 11.5 Å². The number of aromatic nitrogens is 2. The van der Waals surface area contributed by atoms with Gasteiger partial charge >= 0.3 is 0 Å². The van der Waals surface area contributed by atoms with E-state index < -0.39 is 0 Å². The first-order valence-corrected chi connectivity index (χ1v) is 6.59. The zero-order valence-corrected chi connectivity index (χ0v) is 12.0. The molecular weight excluding hydrogens is 272 g/mol. The maximum Gasteiger partial charge on any atom is 0.144 e. The highest BCUT2D eigenvalue weighted by Gasteiger charge is 2.02. The second-order valence-electron chi connectivity index (χ2n) is 4.14. The summed E-state index contributed by atoms with van der Waals surface area (Å²) in [6.07, 6.45) is 4.02. The quantitative estimate of drug-likeness (QED) is 0.789. The minimum absolute atomic E-state index is 0.248. The van der Waals surface area contributed by atoms with E-state index in [4.69, 9.17) is 22.7 Å². The van der Waals surface area contributed by atoms with Crippen LogP contribution in [-0.4, -0.2) is 28.6 Å². The highest BCUT2D eigenvalue weighted by Crippen LogP contribution is 2.17. The van der Waals surface area contributed by atoms with Crippen LogP contribution in [0.5, 0.6) is 5.75 Å². The number of ether oxygens (including phenoxy) is 1. The molecule has 0 spiro atoms. The average molecular weight is 288 g/mol. The summed E-state index contributed by atoms with van der Waals surface area (Å²) >= 11 is 4.83. The van der Waals surface area contributed by atoms with Crippen molar-refractivity contribution in [3.63, 3.8) is 0 Å². The van der Waals surface area contributed by atoms with Gasteiger partial charge in [-0.3, -0.25) is 0 Å². The SMILES string of the molecule is COc1ccccc1CCNc1cnc(C(N)=S)cn1. The number of benzene rings is 1. The van der Waals surface area contributed by atoms with Gasteiger partial charge in [-0.25, -0.2) is 9.97 Å². The summed E-state index contributed by atoms with van der Waals surface area (Å²) in [5, 5.41) is 3.20. The average Bonchev–Trinajstić information content (AvgIpc) is 2.48. The summed E-state index contributed by atoms with van der Waals surface area (Å²) in [5.41, 5.74) is 7.14. The lowest BCUT2D eigenvalue weighted by Crippen LogP contribution is -2.13. The number of rotatable bonds is 6. The second-order valence-corrected chi connectivity index (χ2v) is 4.58. The topological polar surface area (TPSA) is 73.1 Å². The summed E-state index contributed by atoms with van der Waals surface area (Å²) in [6.45, 7) is 0.738. The molecule has 0 unspecified atom stereocenters. The van der Waals surface area contributed by atoms with E-state index in [0.717, 1.165) is 24.3 Å². The molecule has 0 atom stereocenters. The molecule has 0 aliphatic carbocycles. The van der Waals surface area contributed by atoms with Gasteiger partial charge in [0.25, 0.3) is 0 Å². The van der Waals surface area contributed by atoms with Gasteiger partial charge in [-0.1, -0.05) is 30.4 Å². The molecule has 0 aliphatic heterocycles. The Hall–Kier alpha value is -2.21. The van der Waals surface area contributed by atoms with E-state index in [1.807, 2.05) is 24.3 Å². The number of nitrogens with one attached hydrogen (secondary N) is 1. The lowest BCUT2D eigenvalue weighted by atomic mass is 10.1. The minimum Gasteiger partial charge on any atom is -0.496 e. The van der Waals surface area contributed by atoms with Gasteiger partial charge in [0.15, 0.2) is 0 Å². The van der Waals surface area contributed by atoms with Gasteiger partial charge in [-0.2, -0.15) is 0 Å². The molecule has 0 radical (unpaired) electrons. The van der Waals surface area contributed by atoms with Gasteiger partial charge in [0, 0.05) is 6.54 Å². The Bertz CT molecular complexity index is 586. The normalized spacial score (nSPS) is 10.1. The van der Waals surface area contributed by atoms with Crippen LogP contribution in [-0.2, 0) is 6.42 Å². The van der Waals surface area contributed by atoms with E-state index in [9.17, 15) is 0 Å². The molecule has 0 amide bonds. The number of nitrogens with zero attached hydrogens (tertiary/aromatic N) is 2. The van der Waals surface area contributed by atoms with Crippen molar-refractivity contribution in [2.24, 2.45) is 5.73 Å². The third kappa shape index (κ3) is 3.64. The van der Waals surface area contributed by atoms with Crippen molar-refractivity contribution >= 4 is 23.0 Å². The predicted octanol–water partition coefficient (Wildman–Crippen LogP) is 1.77. The smallest absolute Gasteiger partial charge is 0.144 e. The molecule has 0 saturated carbocycles. The summed E-state index contributed by atoms with van der Waals surface area (Å²) in [7, 11) is 1.67. The Balaban J connectivity index is 1.91. The monoisotopic (exact) mass is 288 g/mol. The molecule has 2 aromatic rings. The summed E-state index contributed by atoms with van der Waals surface area (Å²) in [6, 6.07) is 7.94. The number of anilines is 1. The second kappa shape index (κ2) is 6.81. The number of thiocarbonyl (C=S) groups is 1. The van der Waals surface area contributed by atoms with Gasteiger partial charge in [0.05, 0.1) is 19.5 Å². The van der Waals surface area contributed by atoms with Crippen LogP contribution in [0.1, 0.15) is 11.3 Å². The molecule has 1 aromatic heterocycles. The maximum atomic E-state index is 5.47. The van der Waals surface area contributed by atoms with Crippen LogP contribution in [0, 0.1) is 0 Å². The molecular formula is C14H16N4OS. The Labute approximate surface area is 123 Å². The van der Waals surface area contributed by atoms with Crippen LogP contribution in [0.4, 0.5) is 5.82 Å². The molecule has 0 saturated heterocycles. The molecule has 0 bridgehead atoms. The molecule has 6 heteroatoms. The maximum absolute atomic E-state index is 5.47. The number of nitrogens with two attached hydrogens (primary N) is 1. The van der Waals surface area contributed by atoms with Crippen molar-refractivity contribution in [3.8, 4) is 5.75 Å². The van der Waals surface area contributed by atoms with E-state index >= 15 is 0 Å². The molecule has 5 nitrogen and oxygen atoms in total. The van der Waals surface area contributed by atoms with Crippen molar-refractivity contribution < 1.29 is 4.74 Å². The van der Waals surface area contributed by atoms with Crippen molar-refractivity contribution in [1.82, 2.24) is 9.97 Å². The first kappa shape index (κ1) is 14.2. The third-order valence-corrected chi connectivity index (χ3v) is 3.01. The lowest BCUT2D eigenvalue weighted by Gasteiger charge is -2.09. The van der Waals surface area contributed by atoms with E-state index in [1.54, 1.807) is 19.5 Å². The number of methoxy groups -OCH3 is 1. The minimum atomic E-state index is 0.248. The van der Waals surface area contributed by atoms with E-state index in [-0.39, 0.29) is 4.99 Å². The number of para-hydroxylation sites is 1. The molecule has 0 fully saturated rings. The molecule has 1 aromatic carbocycles. The predicted molar refractivity (Wildman–Crippen MR) is 83.1 cm³/mol. The largest absolute Gasteiger partial charge is 0.496 e. The fourth-order valence-electron chi connectivity index (χ4n) is 1.78. The first-order valence-electron chi connectivity index (χ1n) is 6.18. The van der Waals surface area contributed by atoms with Crippen molar-refractivity contribution in [2.45, 2.75) is 6.42 Å². The highest BCUT2D eigenvalue weighted by atomic mass is 32.1. The van der Waals surface area contributed by atoms with Gasteiger partial charge in [0.2, 0.25) is 0 Å². The van der Waals surface area contributed by atoms with Crippen LogP contribution in [0.15, 0.2) is 36.7 Å². The number of hydrogen-bond donors (Lipinski definition) is 2. The molecule has 20 heavy (non-hydrogen) atoms. The fraction of sp³-hybridized carbons (Fsp3) is 0.214. The first-order chi connectivity index (χ1) is 9.70. The standard InChI is InChI=1S/C14H16N4OS/c1-19-12-5-3-2-4-10(12)6-7-16-13-9-17-11(8-18-13)14(15)20/h2-5,8-9H,6-7H2,1H3,(H2,15,20)(H,16,18). The highest BCUT2D eigenvalue weighted by molar-refractivity contribution is 7.80. The van der Waals surface area contributed by atoms with Crippen LogP contribution >= 0.6 is 12.2 Å².